The third-order valence-corrected chi connectivity index (χ3v) is 2.78. The Kier molecular flexibility index (Phi) is 4.69. The van der Waals surface area contributed by atoms with Crippen LogP contribution in [-0.4, -0.2) is 21.9 Å². The van der Waals surface area contributed by atoms with Crippen molar-refractivity contribution >= 4 is 17.4 Å². The zero-order chi connectivity index (χ0) is 16.1. The number of amides is 1. The van der Waals surface area contributed by atoms with Crippen LogP contribution in [0.25, 0.3) is 0 Å². The summed E-state index contributed by atoms with van der Waals surface area (Å²) in [6, 6.07) is 10.7. The number of hydrogen-bond acceptors (Lipinski definition) is 5. The summed E-state index contributed by atoms with van der Waals surface area (Å²) in [6.45, 7) is 5.51. The van der Waals surface area contributed by atoms with Crippen LogP contribution in [0.1, 0.15) is 35.7 Å². The number of benzene rings is 1. The van der Waals surface area contributed by atoms with E-state index in [0.29, 0.717) is 22.9 Å². The van der Waals surface area contributed by atoms with Gasteiger partial charge in [-0.3, -0.25) is 4.79 Å². The summed E-state index contributed by atoms with van der Waals surface area (Å²) in [5, 5.41) is 14.7. The molecule has 2 aromatic rings. The van der Waals surface area contributed by atoms with E-state index < -0.39 is 0 Å². The minimum atomic E-state index is -0.233. The fourth-order valence-electron chi connectivity index (χ4n) is 1.86. The molecule has 1 heterocycles. The Morgan fingerprint density at radius 2 is 1.91 bits per heavy atom. The van der Waals surface area contributed by atoms with Crippen LogP contribution >= 0.6 is 0 Å². The highest BCUT2D eigenvalue weighted by atomic mass is 16.1. The van der Waals surface area contributed by atoms with Gasteiger partial charge in [0.25, 0.3) is 5.91 Å². The van der Waals surface area contributed by atoms with Gasteiger partial charge in [-0.05, 0) is 45.0 Å². The van der Waals surface area contributed by atoms with Gasteiger partial charge in [0.2, 0.25) is 0 Å². The topological polar surface area (TPSA) is 90.7 Å². The Balaban J connectivity index is 2.22. The highest BCUT2D eigenvalue weighted by Crippen LogP contribution is 2.16. The molecule has 0 radical (unpaired) electrons. The normalized spacial score (nSPS) is 10.1. The molecule has 1 amide bonds. The number of rotatable bonds is 4. The summed E-state index contributed by atoms with van der Waals surface area (Å²) < 4.78 is 0. The summed E-state index contributed by atoms with van der Waals surface area (Å²) in [4.78, 5) is 20.4. The second-order valence-electron chi connectivity index (χ2n) is 5.13. The lowest BCUT2D eigenvalue weighted by Crippen LogP contribution is -2.31. The first-order valence-electron chi connectivity index (χ1n) is 6.91. The predicted molar refractivity (Wildman–Crippen MR) is 83.8 cm³/mol. The van der Waals surface area contributed by atoms with Crippen LogP contribution < -0.4 is 10.6 Å². The molecule has 22 heavy (non-hydrogen) atoms. The summed E-state index contributed by atoms with van der Waals surface area (Å²) >= 11 is 0. The number of aryl methyl sites for hydroxylation is 1. The van der Waals surface area contributed by atoms with Crippen molar-refractivity contribution in [3.05, 3.63) is 47.4 Å². The molecule has 1 aromatic carbocycles. The van der Waals surface area contributed by atoms with Crippen LogP contribution in [0.4, 0.5) is 11.5 Å². The fourth-order valence-corrected chi connectivity index (χ4v) is 1.86. The Morgan fingerprint density at radius 1 is 1.23 bits per heavy atom. The molecular weight excluding hydrogens is 278 g/mol. The standard InChI is InChI=1S/C16H17N5O/c1-10(2)18-16(22)14-8-15(20-11(3)19-14)21-13-6-4-12(9-17)5-7-13/h4-8,10H,1-3H3,(H,18,22)(H,19,20,21). The van der Waals surface area contributed by atoms with Crippen LogP contribution in [0.15, 0.2) is 30.3 Å². The van der Waals surface area contributed by atoms with Gasteiger partial charge < -0.3 is 10.6 Å². The Labute approximate surface area is 129 Å². The maximum Gasteiger partial charge on any atom is 0.270 e. The average molecular weight is 295 g/mol. The zero-order valence-corrected chi connectivity index (χ0v) is 12.7. The van der Waals surface area contributed by atoms with E-state index in [-0.39, 0.29) is 11.9 Å². The molecule has 0 unspecified atom stereocenters. The van der Waals surface area contributed by atoms with E-state index >= 15 is 0 Å². The molecule has 0 bridgehead atoms. The smallest absolute Gasteiger partial charge is 0.270 e. The Bertz CT molecular complexity index is 716. The van der Waals surface area contributed by atoms with Gasteiger partial charge >= 0.3 is 0 Å². The van der Waals surface area contributed by atoms with Gasteiger partial charge in [0.05, 0.1) is 11.6 Å². The van der Waals surface area contributed by atoms with Crippen molar-refractivity contribution in [2.24, 2.45) is 0 Å². The molecule has 0 saturated carbocycles. The van der Waals surface area contributed by atoms with Gasteiger partial charge in [0, 0.05) is 17.8 Å². The first kappa shape index (κ1) is 15.4. The van der Waals surface area contributed by atoms with Crippen molar-refractivity contribution in [3.63, 3.8) is 0 Å². The van der Waals surface area contributed by atoms with Gasteiger partial charge in [0.1, 0.15) is 17.3 Å². The van der Waals surface area contributed by atoms with E-state index in [1.54, 1.807) is 37.3 Å². The highest BCUT2D eigenvalue weighted by molar-refractivity contribution is 5.93. The monoisotopic (exact) mass is 295 g/mol. The maximum absolute atomic E-state index is 12.0. The van der Waals surface area contributed by atoms with E-state index in [0.717, 1.165) is 5.69 Å². The van der Waals surface area contributed by atoms with Gasteiger partial charge in [-0.25, -0.2) is 9.97 Å². The van der Waals surface area contributed by atoms with Crippen LogP contribution in [0.2, 0.25) is 0 Å². The molecule has 0 aliphatic rings. The summed E-state index contributed by atoms with van der Waals surface area (Å²) in [5.41, 5.74) is 1.69. The van der Waals surface area contributed by atoms with E-state index in [1.165, 1.54) is 0 Å². The summed E-state index contributed by atoms with van der Waals surface area (Å²) in [7, 11) is 0. The molecular formula is C16H17N5O. The van der Waals surface area contributed by atoms with Crippen molar-refractivity contribution in [2.75, 3.05) is 5.32 Å². The van der Waals surface area contributed by atoms with Crippen LogP contribution in [-0.2, 0) is 0 Å². The first-order chi connectivity index (χ1) is 10.5. The lowest BCUT2D eigenvalue weighted by molar-refractivity contribution is 0.0937. The van der Waals surface area contributed by atoms with Gasteiger partial charge in [-0.15, -0.1) is 0 Å². The molecule has 2 N–H and O–H groups in total. The van der Waals surface area contributed by atoms with E-state index in [1.807, 2.05) is 13.8 Å². The molecule has 0 aliphatic heterocycles. The van der Waals surface area contributed by atoms with Crippen LogP contribution in [0.3, 0.4) is 0 Å². The molecule has 6 heteroatoms. The largest absolute Gasteiger partial charge is 0.349 e. The number of nitrogens with zero attached hydrogens (tertiary/aromatic N) is 3. The molecule has 0 atom stereocenters. The summed E-state index contributed by atoms with van der Waals surface area (Å²) in [6.07, 6.45) is 0. The van der Waals surface area contributed by atoms with E-state index in [9.17, 15) is 4.79 Å². The highest BCUT2D eigenvalue weighted by Gasteiger charge is 2.11. The number of anilines is 2. The molecule has 1 aromatic heterocycles. The number of aromatic nitrogens is 2. The average Bonchev–Trinajstić information content (AvgIpc) is 2.46. The number of nitrogens with one attached hydrogen (secondary N) is 2. The van der Waals surface area contributed by atoms with Crippen molar-refractivity contribution in [1.29, 1.82) is 5.26 Å². The SMILES string of the molecule is Cc1nc(Nc2ccc(C#N)cc2)cc(C(=O)NC(C)C)n1. The van der Waals surface area contributed by atoms with Crippen molar-refractivity contribution in [3.8, 4) is 6.07 Å². The van der Waals surface area contributed by atoms with Gasteiger partial charge in [-0.1, -0.05) is 0 Å². The van der Waals surface area contributed by atoms with Crippen molar-refractivity contribution in [2.45, 2.75) is 26.8 Å². The summed E-state index contributed by atoms with van der Waals surface area (Å²) in [5.74, 6) is 0.807. The van der Waals surface area contributed by atoms with Gasteiger partial charge in [0.15, 0.2) is 0 Å². The van der Waals surface area contributed by atoms with E-state index in [4.69, 9.17) is 5.26 Å². The number of carbonyl (C=O) groups is 1. The number of nitriles is 1. The fraction of sp³-hybridized carbons (Fsp3) is 0.250. The minimum Gasteiger partial charge on any atom is -0.349 e. The molecule has 0 fully saturated rings. The molecule has 2 rings (SSSR count). The van der Waals surface area contributed by atoms with E-state index in [2.05, 4.69) is 26.7 Å². The second-order valence-corrected chi connectivity index (χ2v) is 5.13. The molecule has 112 valence electrons. The minimum absolute atomic E-state index is 0.0395. The number of hydrogen-bond donors (Lipinski definition) is 2. The zero-order valence-electron chi connectivity index (χ0n) is 12.7. The molecule has 0 saturated heterocycles. The molecule has 0 spiro atoms. The molecule has 6 nitrogen and oxygen atoms in total. The van der Waals surface area contributed by atoms with Crippen LogP contribution in [0, 0.1) is 18.3 Å². The Morgan fingerprint density at radius 3 is 2.50 bits per heavy atom. The Hall–Kier alpha value is -2.94. The lowest BCUT2D eigenvalue weighted by Gasteiger charge is -2.10. The van der Waals surface area contributed by atoms with Crippen molar-refractivity contribution in [1.82, 2.24) is 15.3 Å². The molecule has 0 aliphatic carbocycles. The van der Waals surface area contributed by atoms with Crippen molar-refractivity contribution < 1.29 is 4.79 Å². The third-order valence-electron chi connectivity index (χ3n) is 2.78. The second kappa shape index (κ2) is 6.68. The number of carbonyl (C=O) groups excluding carboxylic acids is 1. The predicted octanol–water partition coefficient (Wildman–Crippen LogP) is 2.54. The lowest BCUT2D eigenvalue weighted by atomic mass is 10.2. The quantitative estimate of drug-likeness (QED) is 0.904. The van der Waals surface area contributed by atoms with Gasteiger partial charge in [-0.2, -0.15) is 5.26 Å². The van der Waals surface area contributed by atoms with Crippen LogP contribution in [0.5, 0.6) is 0 Å². The first-order valence-corrected chi connectivity index (χ1v) is 6.91. The third kappa shape index (κ3) is 4.03. The maximum atomic E-state index is 12.0.